The van der Waals surface area contributed by atoms with Crippen molar-refractivity contribution in [2.45, 2.75) is 6.92 Å². The Labute approximate surface area is 153 Å². The number of carbonyl (C=O) groups is 1. The fraction of sp³-hybridized carbons (Fsp3) is 0.0526. The second-order valence-electron chi connectivity index (χ2n) is 5.62. The summed E-state index contributed by atoms with van der Waals surface area (Å²) >= 11 is 1.37. The van der Waals surface area contributed by atoms with Gasteiger partial charge in [-0.2, -0.15) is 0 Å². The Morgan fingerprint density at radius 1 is 1.08 bits per heavy atom. The van der Waals surface area contributed by atoms with Crippen LogP contribution >= 0.6 is 11.3 Å². The van der Waals surface area contributed by atoms with Gasteiger partial charge in [0.05, 0.1) is 4.88 Å². The van der Waals surface area contributed by atoms with Gasteiger partial charge >= 0.3 is 0 Å². The molecule has 128 valence electrons. The maximum absolute atomic E-state index is 12.6. The van der Waals surface area contributed by atoms with E-state index >= 15 is 0 Å². The molecule has 26 heavy (non-hydrogen) atoms. The molecular formula is C19H14N4O2S. The molecule has 1 N–H and O–H groups in total. The molecule has 0 saturated carbocycles. The van der Waals surface area contributed by atoms with Gasteiger partial charge in [-0.05, 0) is 13.0 Å². The van der Waals surface area contributed by atoms with Crippen LogP contribution in [0.2, 0.25) is 0 Å². The Morgan fingerprint density at radius 2 is 1.92 bits per heavy atom. The van der Waals surface area contributed by atoms with Gasteiger partial charge in [0.1, 0.15) is 0 Å². The number of aryl methyl sites for hydroxylation is 1. The number of amides is 1. The first-order chi connectivity index (χ1) is 12.7. The molecule has 0 aliphatic carbocycles. The molecule has 0 atom stereocenters. The van der Waals surface area contributed by atoms with Crippen molar-refractivity contribution < 1.29 is 9.21 Å². The van der Waals surface area contributed by atoms with E-state index in [1.54, 1.807) is 18.6 Å². The molecule has 6 nitrogen and oxygen atoms in total. The SMILES string of the molecule is Cc1ccc(-c2ocnc2C(=O)Nc2ncc(-c3cccnc3)s2)cc1. The fourth-order valence-electron chi connectivity index (χ4n) is 2.45. The lowest BCUT2D eigenvalue weighted by molar-refractivity contribution is 0.102. The lowest BCUT2D eigenvalue weighted by atomic mass is 10.1. The van der Waals surface area contributed by atoms with Gasteiger partial charge in [-0.3, -0.25) is 15.1 Å². The van der Waals surface area contributed by atoms with Gasteiger partial charge in [-0.25, -0.2) is 9.97 Å². The highest BCUT2D eigenvalue weighted by Gasteiger charge is 2.19. The van der Waals surface area contributed by atoms with Crippen LogP contribution in [0.1, 0.15) is 16.1 Å². The van der Waals surface area contributed by atoms with Gasteiger partial charge in [0.2, 0.25) is 0 Å². The molecule has 0 saturated heterocycles. The van der Waals surface area contributed by atoms with Crippen LogP contribution in [-0.4, -0.2) is 20.9 Å². The number of thiazole rings is 1. The maximum Gasteiger partial charge on any atom is 0.280 e. The number of anilines is 1. The van der Waals surface area contributed by atoms with E-state index in [0.717, 1.165) is 21.6 Å². The number of rotatable bonds is 4. The zero-order valence-corrected chi connectivity index (χ0v) is 14.7. The van der Waals surface area contributed by atoms with E-state index in [2.05, 4.69) is 20.3 Å². The van der Waals surface area contributed by atoms with Gasteiger partial charge < -0.3 is 4.42 Å². The fourth-order valence-corrected chi connectivity index (χ4v) is 3.25. The van der Waals surface area contributed by atoms with Crippen molar-refractivity contribution in [3.63, 3.8) is 0 Å². The van der Waals surface area contributed by atoms with Crippen LogP contribution in [0, 0.1) is 6.92 Å². The van der Waals surface area contributed by atoms with Crippen molar-refractivity contribution in [3.8, 4) is 21.8 Å². The van der Waals surface area contributed by atoms with Crippen LogP contribution in [-0.2, 0) is 0 Å². The molecule has 3 heterocycles. The zero-order chi connectivity index (χ0) is 17.9. The monoisotopic (exact) mass is 362 g/mol. The van der Waals surface area contributed by atoms with Crippen LogP contribution < -0.4 is 5.32 Å². The molecule has 0 radical (unpaired) electrons. The second-order valence-corrected chi connectivity index (χ2v) is 6.65. The summed E-state index contributed by atoms with van der Waals surface area (Å²) < 4.78 is 5.43. The first-order valence-electron chi connectivity index (χ1n) is 7.89. The highest BCUT2D eigenvalue weighted by Crippen LogP contribution is 2.29. The molecular weight excluding hydrogens is 348 g/mol. The van der Waals surface area contributed by atoms with E-state index in [0.29, 0.717) is 10.9 Å². The number of carbonyl (C=O) groups excluding carboxylic acids is 1. The number of hydrogen-bond acceptors (Lipinski definition) is 6. The Morgan fingerprint density at radius 3 is 2.69 bits per heavy atom. The third-order valence-electron chi connectivity index (χ3n) is 3.77. The Kier molecular flexibility index (Phi) is 4.28. The Bertz CT molecular complexity index is 1040. The highest BCUT2D eigenvalue weighted by molar-refractivity contribution is 7.19. The van der Waals surface area contributed by atoms with Gasteiger partial charge in [-0.1, -0.05) is 47.2 Å². The van der Waals surface area contributed by atoms with Crippen LogP contribution in [0.4, 0.5) is 5.13 Å². The molecule has 0 aliphatic heterocycles. The summed E-state index contributed by atoms with van der Waals surface area (Å²) in [7, 11) is 0. The molecule has 0 fully saturated rings. The topological polar surface area (TPSA) is 80.9 Å². The predicted molar refractivity (Wildman–Crippen MR) is 100.0 cm³/mol. The molecule has 7 heteroatoms. The zero-order valence-electron chi connectivity index (χ0n) is 13.8. The summed E-state index contributed by atoms with van der Waals surface area (Å²) in [6, 6.07) is 11.5. The minimum atomic E-state index is -0.360. The number of aromatic nitrogens is 3. The molecule has 0 unspecified atom stereocenters. The highest BCUT2D eigenvalue weighted by atomic mass is 32.1. The summed E-state index contributed by atoms with van der Waals surface area (Å²) in [6.07, 6.45) is 6.45. The molecule has 3 aromatic heterocycles. The molecule has 1 amide bonds. The maximum atomic E-state index is 12.6. The van der Waals surface area contributed by atoms with Gasteiger partial charge in [0.25, 0.3) is 5.91 Å². The van der Waals surface area contributed by atoms with E-state index in [9.17, 15) is 4.79 Å². The standard InChI is InChI=1S/C19H14N4O2S/c1-12-4-6-13(7-5-12)17-16(22-11-25-17)18(24)23-19-21-10-15(26-19)14-3-2-8-20-9-14/h2-11H,1H3,(H,21,23,24). The average Bonchev–Trinajstić information content (AvgIpc) is 3.33. The van der Waals surface area contributed by atoms with Gasteiger partial charge in [0.15, 0.2) is 23.0 Å². The Hall–Kier alpha value is -3.32. The van der Waals surface area contributed by atoms with E-state index in [1.165, 1.54) is 17.7 Å². The van der Waals surface area contributed by atoms with Crippen LogP contribution in [0.3, 0.4) is 0 Å². The first-order valence-corrected chi connectivity index (χ1v) is 8.70. The number of pyridine rings is 1. The van der Waals surface area contributed by atoms with Crippen LogP contribution in [0.15, 0.2) is 65.8 Å². The molecule has 4 aromatic rings. The second kappa shape index (κ2) is 6.89. The molecule has 1 aromatic carbocycles. The lowest BCUT2D eigenvalue weighted by Crippen LogP contribution is -2.13. The number of nitrogens with zero attached hydrogens (tertiary/aromatic N) is 3. The number of hydrogen-bond donors (Lipinski definition) is 1. The van der Waals surface area contributed by atoms with Crippen molar-refractivity contribution in [2.24, 2.45) is 0 Å². The summed E-state index contributed by atoms with van der Waals surface area (Å²) in [5, 5.41) is 3.27. The summed E-state index contributed by atoms with van der Waals surface area (Å²) in [4.78, 5) is 25.9. The minimum absolute atomic E-state index is 0.229. The summed E-state index contributed by atoms with van der Waals surface area (Å²) in [5.74, 6) is 0.0768. The van der Waals surface area contributed by atoms with Gasteiger partial charge in [-0.15, -0.1) is 0 Å². The van der Waals surface area contributed by atoms with Crippen LogP contribution in [0.25, 0.3) is 21.8 Å². The predicted octanol–water partition coefficient (Wildman–Crippen LogP) is 4.42. The quantitative estimate of drug-likeness (QED) is 0.581. The van der Waals surface area contributed by atoms with Crippen LogP contribution in [0.5, 0.6) is 0 Å². The van der Waals surface area contributed by atoms with Crippen molar-refractivity contribution in [1.29, 1.82) is 0 Å². The van der Waals surface area contributed by atoms with Crippen molar-refractivity contribution in [2.75, 3.05) is 5.32 Å². The smallest absolute Gasteiger partial charge is 0.280 e. The first kappa shape index (κ1) is 16.2. The summed E-state index contributed by atoms with van der Waals surface area (Å²) in [6.45, 7) is 2.00. The molecule has 0 spiro atoms. The van der Waals surface area contributed by atoms with E-state index in [4.69, 9.17) is 4.42 Å². The third-order valence-corrected chi connectivity index (χ3v) is 4.73. The average molecular weight is 362 g/mol. The normalized spacial score (nSPS) is 10.7. The minimum Gasteiger partial charge on any atom is -0.443 e. The van der Waals surface area contributed by atoms with E-state index in [1.807, 2.05) is 43.3 Å². The van der Waals surface area contributed by atoms with Crippen molar-refractivity contribution >= 4 is 22.4 Å². The molecule has 0 bridgehead atoms. The third kappa shape index (κ3) is 3.25. The number of oxazole rings is 1. The molecule has 0 aliphatic rings. The van der Waals surface area contributed by atoms with E-state index in [-0.39, 0.29) is 11.6 Å². The molecule has 4 rings (SSSR count). The van der Waals surface area contributed by atoms with Gasteiger partial charge in [0, 0.05) is 29.7 Å². The number of benzene rings is 1. The van der Waals surface area contributed by atoms with Crippen molar-refractivity contribution in [3.05, 3.63) is 72.6 Å². The summed E-state index contributed by atoms with van der Waals surface area (Å²) in [5.41, 5.74) is 3.11. The van der Waals surface area contributed by atoms with E-state index < -0.39 is 0 Å². The van der Waals surface area contributed by atoms with Crippen molar-refractivity contribution in [1.82, 2.24) is 15.0 Å². The lowest BCUT2D eigenvalue weighted by Gasteiger charge is -2.02. The number of nitrogens with one attached hydrogen (secondary N) is 1. The Balaban J connectivity index is 1.56. The largest absolute Gasteiger partial charge is 0.443 e.